The molecule has 1 aromatic heterocycles. The molecule has 0 saturated carbocycles. The number of hydrogen-bond acceptors (Lipinski definition) is 2. The molecule has 0 saturated heterocycles. The Morgan fingerprint density at radius 3 is 2.80 bits per heavy atom. The van der Waals surface area contributed by atoms with Crippen LogP contribution in [0, 0.1) is 0 Å². The van der Waals surface area contributed by atoms with Crippen LogP contribution in [-0.4, -0.2) is 10.8 Å². The second kappa shape index (κ2) is 5.63. The van der Waals surface area contributed by atoms with Crippen molar-refractivity contribution in [2.24, 2.45) is 7.05 Å². The molecular weight excluding hydrogens is 264 g/mol. The van der Waals surface area contributed by atoms with Gasteiger partial charge < -0.3 is 9.88 Å². The van der Waals surface area contributed by atoms with Crippen LogP contribution in [-0.2, 0) is 13.6 Å². The molecule has 0 bridgehead atoms. The molecule has 0 spiro atoms. The zero-order valence-corrected chi connectivity index (χ0v) is 12.6. The minimum atomic E-state index is 0.846. The maximum absolute atomic E-state index is 3.51. The number of fused-ring (bicyclic) bond motifs is 1. The fourth-order valence-corrected chi connectivity index (χ4v) is 2.96. The number of nitrogens with one attached hydrogen (secondary N) is 1. The van der Waals surface area contributed by atoms with Crippen molar-refractivity contribution in [1.82, 2.24) is 4.57 Å². The minimum absolute atomic E-state index is 0.846. The Morgan fingerprint density at radius 1 is 1.10 bits per heavy atom. The summed E-state index contributed by atoms with van der Waals surface area (Å²) in [5.41, 5.74) is 3.78. The maximum Gasteiger partial charge on any atom is 0.0481 e. The van der Waals surface area contributed by atoms with Gasteiger partial charge in [-0.05, 0) is 36.1 Å². The lowest BCUT2D eigenvalue weighted by atomic mass is 10.2. The molecule has 3 heteroatoms. The molecule has 1 heterocycles. The van der Waals surface area contributed by atoms with Crippen LogP contribution in [0.1, 0.15) is 5.56 Å². The molecule has 3 rings (SSSR count). The molecule has 102 valence electrons. The van der Waals surface area contributed by atoms with Crippen LogP contribution in [0.3, 0.4) is 0 Å². The van der Waals surface area contributed by atoms with E-state index in [0.717, 1.165) is 6.54 Å². The number of aryl methyl sites for hydroxylation is 1. The van der Waals surface area contributed by atoms with Crippen molar-refractivity contribution >= 4 is 28.4 Å². The molecule has 1 N–H and O–H groups in total. The van der Waals surface area contributed by atoms with Crippen LogP contribution in [0.5, 0.6) is 0 Å². The number of aromatic nitrogens is 1. The molecule has 2 aromatic carbocycles. The summed E-state index contributed by atoms with van der Waals surface area (Å²) in [6, 6.07) is 17.1. The lowest BCUT2D eigenvalue weighted by molar-refractivity contribution is 0.955. The smallest absolute Gasteiger partial charge is 0.0481 e. The summed E-state index contributed by atoms with van der Waals surface area (Å²) < 4.78 is 2.19. The van der Waals surface area contributed by atoms with E-state index in [1.54, 1.807) is 11.8 Å². The minimum Gasteiger partial charge on any atom is -0.381 e. The van der Waals surface area contributed by atoms with Gasteiger partial charge in [-0.1, -0.05) is 24.3 Å². The number of hydrogen-bond donors (Lipinski definition) is 1. The molecule has 3 aromatic rings. The molecule has 0 aliphatic carbocycles. The third kappa shape index (κ3) is 2.54. The van der Waals surface area contributed by atoms with Crippen LogP contribution in [0.25, 0.3) is 10.9 Å². The van der Waals surface area contributed by atoms with E-state index < -0.39 is 0 Å². The van der Waals surface area contributed by atoms with E-state index in [9.17, 15) is 0 Å². The van der Waals surface area contributed by atoms with Gasteiger partial charge in [0.15, 0.2) is 0 Å². The fraction of sp³-hybridized carbons (Fsp3) is 0.176. The summed E-state index contributed by atoms with van der Waals surface area (Å²) in [6.45, 7) is 0.846. The van der Waals surface area contributed by atoms with Crippen LogP contribution in [0.4, 0.5) is 5.69 Å². The lowest BCUT2D eigenvalue weighted by Crippen LogP contribution is -1.98. The Balaban J connectivity index is 1.83. The van der Waals surface area contributed by atoms with Crippen molar-refractivity contribution in [3.05, 3.63) is 60.3 Å². The summed E-state index contributed by atoms with van der Waals surface area (Å²) in [5.74, 6) is 0. The molecule has 20 heavy (non-hydrogen) atoms. The van der Waals surface area contributed by atoms with E-state index in [2.05, 4.69) is 77.9 Å². The van der Waals surface area contributed by atoms with Gasteiger partial charge in [0.1, 0.15) is 0 Å². The summed E-state index contributed by atoms with van der Waals surface area (Å²) in [4.78, 5) is 1.29. The zero-order valence-electron chi connectivity index (χ0n) is 11.8. The summed E-state index contributed by atoms with van der Waals surface area (Å²) >= 11 is 1.77. The molecular formula is C17H18N2S. The van der Waals surface area contributed by atoms with Crippen LogP contribution >= 0.6 is 11.8 Å². The largest absolute Gasteiger partial charge is 0.381 e. The van der Waals surface area contributed by atoms with Gasteiger partial charge in [0.2, 0.25) is 0 Å². The van der Waals surface area contributed by atoms with Gasteiger partial charge in [-0.25, -0.2) is 0 Å². The molecule has 0 fully saturated rings. The van der Waals surface area contributed by atoms with Crippen molar-refractivity contribution < 1.29 is 0 Å². The number of nitrogens with zero attached hydrogens (tertiary/aromatic N) is 1. The normalized spacial score (nSPS) is 10.9. The molecule has 0 aliphatic heterocycles. The summed E-state index contributed by atoms with van der Waals surface area (Å²) in [5, 5.41) is 4.84. The molecule has 0 aliphatic rings. The first-order valence-electron chi connectivity index (χ1n) is 6.69. The highest BCUT2D eigenvalue weighted by atomic mass is 32.2. The lowest BCUT2D eigenvalue weighted by Gasteiger charge is -2.07. The number of benzene rings is 2. The van der Waals surface area contributed by atoms with Crippen LogP contribution in [0.2, 0.25) is 0 Å². The van der Waals surface area contributed by atoms with E-state index in [1.807, 2.05) is 0 Å². The van der Waals surface area contributed by atoms with Gasteiger partial charge >= 0.3 is 0 Å². The number of rotatable bonds is 4. The first-order valence-corrected chi connectivity index (χ1v) is 7.91. The van der Waals surface area contributed by atoms with E-state index in [1.165, 1.54) is 27.0 Å². The van der Waals surface area contributed by atoms with Crippen LogP contribution in [0.15, 0.2) is 59.6 Å². The van der Waals surface area contributed by atoms with E-state index in [-0.39, 0.29) is 0 Å². The van der Waals surface area contributed by atoms with Crippen molar-refractivity contribution in [1.29, 1.82) is 0 Å². The zero-order chi connectivity index (χ0) is 13.9. The van der Waals surface area contributed by atoms with Gasteiger partial charge in [0.05, 0.1) is 0 Å². The highest BCUT2D eigenvalue weighted by Gasteiger charge is 2.05. The highest BCUT2D eigenvalue weighted by Crippen LogP contribution is 2.23. The Hall–Kier alpha value is -1.87. The van der Waals surface area contributed by atoms with Crippen molar-refractivity contribution in [3.8, 4) is 0 Å². The van der Waals surface area contributed by atoms with E-state index >= 15 is 0 Å². The van der Waals surface area contributed by atoms with Gasteiger partial charge in [0.25, 0.3) is 0 Å². The Labute approximate surface area is 123 Å². The Bertz CT molecular complexity index is 731. The fourth-order valence-electron chi connectivity index (χ4n) is 2.50. The van der Waals surface area contributed by atoms with Crippen molar-refractivity contribution in [2.75, 3.05) is 11.6 Å². The number of anilines is 1. The average molecular weight is 282 g/mol. The molecule has 0 amide bonds. The molecule has 2 nitrogen and oxygen atoms in total. The second-order valence-corrected chi connectivity index (χ2v) is 5.75. The maximum atomic E-state index is 3.51. The first kappa shape index (κ1) is 13.1. The second-order valence-electron chi connectivity index (χ2n) is 4.87. The predicted molar refractivity (Wildman–Crippen MR) is 88.5 cm³/mol. The Morgan fingerprint density at radius 2 is 1.95 bits per heavy atom. The predicted octanol–water partition coefficient (Wildman–Crippen LogP) is 4.51. The van der Waals surface area contributed by atoms with E-state index in [4.69, 9.17) is 0 Å². The number of para-hydroxylation sites is 1. The number of thioether (sulfide) groups is 1. The van der Waals surface area contributed by atoms with Crippen molar-refractivity contribution in [2.45, 2.75) is 11.4 Å². The molecule has 0 radical (unpaired) electrons. The third-order valence-corrected chi connectivity index (χ3v) is 4.26. The monoisotopic (exact) mass is 282 g/mol. The standard InChI is InChI=1S/C17H18N2S/c1-19-12-13(16-8-3-4-9-17(16)19)11-18-14-6-5-7-15(10-14)20-2/h3-10,12,18H,11H2,1-2H3. The summed E-state index contributed by atoms with van der Waals surface area (Å²) in [6.07, 6.45) is 4.31. The first-order chi connectivity index (χ1) is 9.78. The van der Waals surface area contributed by atoms with Gasteiger partial charge in [-0.15, -0.1) is 11.8 Å². The highest BCUT2D eigenvalue weighted by molar-refractivity contribution is 7.98. The van der Waals surface area contributed by atoms with E-state index in [0.29, 0.717) is 0 Å². The third-order valence-electron chi connectivity index (χ3n) is 3.53. The molecule has 0 unspecified atom stereocenters. The Kier molecular flexibility index (Phi) is 3.70. The SMILES string of the molecule is CSc1cccc(NCc2cn(C)c3ccccc23)c1. The topological polar surface area (TPSA) is 17.0 Å². The average Bonchev–Trinajstić information content (AvgIpc) is 2.82. The van der Waals surface area contributed by atoms with Gasteiger partial charge in [0, 0.05) is 41.3 Å². The van der Waals surface area contributed by atoms with Gasteiger partial charge in [-0.2, -0.15) is 0 Å². The summed E-state index contributed by atoms with van der Waals surface area (Å²) in [7, 11) is 2.10. The molecule has 0 atom stereocenters. The van der Waals surface area contributed by atoms with Crippen LogP contribution < -0.4 is 5.32 Å². The quantitative estimate of drug-likeness (QED) is 0.709. The van der Waals surface area contributed by atoms with Gasteiger partial charge in [-0.3, -0.25) is 0 Å². The van der Waals surface area contributed by atoms with Crippen molar-refractivity contribution in [3.63, 3.8) is 0 Å².